The molecule has 0 radical (unpaired) electrons. The first kappa shape index (κ1) is 26.7. The van der Waals surface area contributed by atoms with E-state index in [0.29, 0.717) is 37.6 Å². The highest BCUT2D eigenvalue weighted by Gasteiger charge is 2.28. The lowest BCUT2D eigenvalue weighted by Crippen LogP contribution is -2.52. The summed E-state index contributed by atoms with van der Waals surface area (Å²) in [6.07, 6.45) is 0. The molecule has 3 aromatic carbocycles. The fourth-order valence-corrected chi connectivity index (χ4v) is 5.14. The zero-order valence-electron chi connectivity index (χ0n) is 20.8. The van der Waals surface area contributed by atoms with E-state index in [9.17, 15) is 22.8 Å². The van der Waals surface area contributed by atoms with Crippen LogP contribution in [0.4, 0.5) is 5.69 Å². The average molecular weight is 537 g/mol. The molecule has 198 valence electrons. The van der Waals surface area contributed by atoms with Crippen LogP contribution in [0, 0.1) is 0 Å². The Morgan fingerprint density at radius 3 is 1.95 bits per heavy atom. The Labute approximate surface area is 221 Å². The van der Waals surface area contributed by atoms with E-state index < -0.39 is 15.9 Å². The minimum absolute atomic E-state index is 0.0330. The number of anilines is 1. The van der Waals surface area contributed by atoms with E-state index in [-0.39, 0.29) is 28.8 Å². The van der Waals surface area contributed by atoms with Crippen LogP contribution < -0.4 is 14.6 Å². The monoisotopic (exact) mass is 536 g/mol. The molecule has 0 unspecified atom stereocenters. The van der Waals surface area contributed by atoms with Crippen molar-refractivity contribution in [1.82, 2.24) is 15.1 Å². The number of benzene rings is 3. The summed E-state index contributed by atoms with van der Waals surface area (Å²) >= 11 is 0. The van der Waals surface area contributed by atoms with Crippen LogP contribution in [0.15, 0.2) is 89.8 Å². The predicted molar refractivity (Wildman–Crippen MR) is 141 cm³/mol. The molecule has 3 amide bonds. The Kier molecular flexibility index (Phi) is 8.27. The summed E-state index contributed by atoms with van der Waals surface area (Å²) in [4.78, 5) is 45.5. The summed E-state index contributed by atoms with van der Waals surface area (Å²) in [5.74, 6) is -0.458. The second-order valence-corrected chi connectivity index (χ2v) is 10.3. The molecule has 4 rings (SSSR count). The van der Waals surface area contributed by atoms with Crippen molar-refractivity contribution < 1.29 is 27.6 Å². The largest absolute Gasteiger partial charge is 0.364 e. The Morgan fingerprint density at radius 1 is 0.816 bits per heavy atom. The quantitative estimate of drug-likeness (QED) is 0.442. The van der Waals surface area contributed by atoms with Gasteiger partial charge in [0.25, 0.3) is 15.9 Å². The summed E-state index contributed by atoms with van der Waals surface area (Å²) < 4.78 is 27.8. The van der Waals surface area contributed by atoms with E-state index >= 15 is 0 Å². The summed E-state index contributed by atoms with van der Waals surface area (Å²) in [7, 11) is -4.16. The number of nitrogens with zero attached hydrogens (tertiary/aromatic N) is 3. The Balaban J connectivity index is 1.42. The first-order chi connectivity index (χ1) is 18.3. The van der Waals surface area contributed by atoms with Crippen molar-refractivity contribution in [1.29, 1.82) is 0 Å². The number of sulfonamides is 1. The van der Waals surface area contributed by atoms with Crippen LogP contribution in [0.1, 0.15) is 17.3 Å². The smallest absolute Gasteiger partial charge is 0.295 e. The first-order valence-corrected chi connectivity index (χ1v) is 13.4. The maximum atomic E-state index is 13.5. The maximum absolute atomic E-state index is 13.5. The van der Waals surface area contributed by atoms with Crippen molar-refractivity contribution in [2.45, 2.75) is 11.8 Å². The van der Waals surface area contributed by atoms with Gasteiger partial charge in [0.1, 0.15) is 0 Å². The number of para-hydroxylation sites is 2. The Bertz CT molecular complexity index is 1370. The van der Waals surface area contributed by atoms with Gasteiger partial charge in [-0.05, 0) is 48.5 Å². The van der Waals surface area contributed by atoms with E-state index in [1.165, 1.54) is 31.2 Å². The number of hydrogen-bond acceptors (Lipinski definition) is 6. The zero-order chi connectivity index (χ0) is 27.1. The maximum Gasteiger partial charge on any atom is 0.295 e. The van der Waals surface area contributed by atoms with Crippen LogP contribution in [0.25, 0.3) is 0 Å². The summed E-state index contributed by atoms with van der Waals surface area (Å²) in [6, 6.07) is 22.3. The average Bonchev–Trinajstić information content (AvgIpc) is 2.95. The van der Waals surface area contributed by atoms with Gasteiger partial charge in [-0.1, -0.05) is 40.9 Å². The van der Waals surface area contributed by atoms with Crippen LogP contribution in [0.5, 0.6) is 5.75 Å². The van der Waals surface area contributed by atoms with Gasteiger partial charge in [0, 0.05) is 38.7 Å². The lowest BCUT2D eigenvalue weighted by Gasteiger charge is -2.34. The van der Waals surface area contributed by atoms with Crippen molar-refractivity contribution in [3.05, 3.63) is 90.5 Å². The predicted octanol–water partition coefficient (Wildman–Crippen LogP) is 2.30. The standard InChI is InChI=1S/C27H28N4O6S/c1-21(32)29-16-18-30(19-17-29)26(33)20-28-27(34)22-12-14-25(15-13-22)38(35,36)31(23-8-4-2-5-9-23)37-24-10-6-3-7-11-24/h2-15H,16-20H2,1H3,(H,28,34). The molecular formula is C27H28N4O6S. The lowest BCUT2D eigenvalue weighted by molar-refractivity contribution is -0.137. The molecule has 11 heteroatoms. The van der Waals surface area contributed by atoms with Crippen LogP contribution in [0.2, 0.25) is 0 Å². The number of carbonyl (C=O) groups is 3. The van der Waals surface area contributed by atoms with Gasteiger partial charge < -0.3 is 20.0 Å². The van der Waals surface area contributed by atoms with Crippen molar-refractivity contribution in [2.75, 3.05) is 37.2 Å². The van der Waals surface area contributed by atoms with Crippen molar-refractivity contribution in [3.8, 4) is 5.75 Å². The number of carbonyl (C=O) groups excluding carboxylic acids is 3. The molecule has 0 atom stereocenters. The van der Waals surface area contributed by atoms with E-state index in [1.807, 2.05) is 0 Å². The highest BCUT2D eigenvalue weighted by atomic mass is 32.2. The zero-order valence-corrected chi connectivity index (χ0v) is 21.6. The van der Waals surface area contributed by atoms with Crippen LogP contribution in [-0.2, 0) is 19.6 Å². The van der Waals surface area contributed by atoms with E-state index in [4.69, 9.17) is 4.84 Å². The molecule has 1 N–H and O–H groups in total. The third kappa shape index (κ3) is 6.30. The molecule has 1 aliphatic rings. The Hall–Kier alpha value is -4.38. The normalized spacial score (nSPS) is 13.5. The van der Waals surface area contributed by atoms with Gasteiger partial charge in [-0.3, -0.25) is 14.4 Å². The van der Waals surface area contributed by atoms with Gasteiger partial charge in [-0.15, -0.1) is 0 Å². The second-order valence-electron chi connectivity index (χ2n) is 8.57. The summed E-state index contributed by atoms with van der Waals surface area (Å²) in [5.41, 5.74) is 0.509. The van der Waals surface area contributed by atoms with Gasteiger partial charge in [-0.2, -0.15) is 8.42 Å². The molecule has 0 aliphatic carbocycles. The van der Waals surface area contributed by atoms with Crippen molar-refractivity contribution in [2.24, 2.45) is 0 Å². The molecule has 1 heterocycles. The van der Waals surface area contributed by atoms with Crippen molar-refractivity contribution in [3.63, 3.8) is 0 Å². The molecule has 0 bridgehead atoms. The van der Waals surface area contributed by atoms with Crippen LogP contribution in [0.3, 0.4) is 0 Å². The molecule has 0 aromatic heterocycles. The number of nitrogens with one attached hydrogen (secondary N) is 1. The summed E-state index contributed by atoms with van der Waals surface area (Å²) in [5, 5.41) is 2.57. The molecule has 10 nitrogen and oxygen atoms in total. The van der Waals surface area contributed by atoms with E-state index in [1.54, 1.807) is 70.5 Å². The molecule has 3 aromatic rings. The van der Waals surface area contributed by atoms with Crippen LogP contribution >= 0.6 is 0 Å². The molecule has 1 aliphatic heterocycles. The van der Waals surface area contributed by atoms with Gasteiger partial charge in [-0.25, -0.2) is 0 Å². The fraction of sp³-hybridized carbons (Fsp3) is 0.222. The molecule has 0 saturated carbocycles. The minimum Gasteiger partial charge on any atom is -0.364 e. The number of rotatable bonds is 8. The fourth-order valence-electron chi connectivity index (χ4n) is 3.88. The molecular weight excluding hydrogens is 508 g/mol. The molecule has 0 spiro atoms. The van der Waals surface area contributed by atoms with Gasteiger partial charge in [0.05, 0.1) is 17.1 Å². The molecule has 1 saturated heterocycles. The Morgan fingerprint density at radius 2 is 1.37 bits per heavy atom. The number of hydrogen-bond donors (Lipinski definition) is 1. The highest BCUT2D eigenvalue weighted by molar-refractivity contribution is 7.92. The minimum atomic E-state index is -4.16. The third-order valence-corrected chi connectivity index (χ3v) is 7.60. The van der Waals surface area contributed by atoms with Gasteiger partial charge >= 0.3 is 0 Å². The van der Waals surface area contributed by atoms with E-state index in [2.05, 4.69) is 5.32 Å². The van der Waals surface area contributed by atoms with E-state index in [0.717, 1.165) is 4.47 Å². The first-order valence-electron chi connectivity index (χ1n) is 12.0. The van der Waals surface area contributed by atoms with Crippen molar-refractivity contribution >= 4 is 33.4 Å². The SMILES string of the molecule is CC(=O)N1CCN(C(=O)CNC(=O)c2ccc(S(=O)(=O)N(Oc3ccccc3)c3ccccc3)cc2)CC1. The molecule has 1 fully saturated rings. The van der Waals surface area contributed by atoms with Gasteiger partial charge in [0.2, 0.25) is 11.8 Å². The highest BCUT2D eigenvalue weighted by Crippen LogP contribution is 2.26. The molecule has 38 heavy (non-hydrogen) atoms. The van der Waals surface area contributed by atoms with Crippen LogP contribution in [-0.4, -0.2) is 68.7 Å². The van der Waals surface area contributed by atoms with Gasteiger partial charge in [0.15, 0.2) is 5.75 Å². The number of amides is 3. The third-order valence-electron chi connectivity index (χ3n) is 6.01. The topological polar surface area (TPSA) is 116 Å². The second kappa shape index (κ2) is 11.8. The lowest BCUT2D eigenvalue weighted by atomic mass is 10.2. The summed E-state index contributed by atoms with van der Waals surface area (Å²) in [6.45, 7) is 3.01. The number of piperazine rings is 1.